The van der Waals surface area contributed by atoms with E-state index in [4.69, 9.17) is 5.73 Å². The zero-order valence-electron chi connectivity index (χ0n) is 10.2. The molecule has 17 heavy (non-hydrogen) atoms. The third-order valence-electron chi connectivity index (χ3n) is 3.85. The lowest BCUT2D eigenvalue weighted by molar-refractivity contribution is 0.141. The number of nitrogens with one attached hydrogen (secondary N) is 1. The number of nitrogens with two attached hydrogens (primary N) is 1. The summed E-state index contributed by atoms with van der Waals surface area (Å²) in [6, 6.07) is 6.73. The molecule has 3 N–H and O–H groups in total. The topological polar surface area (TPSA) is 38.0 Å². The minimum atomic E-state index is -0.168. The second-order valence-electron chi connectivity index (χ2n) is 5.11. The van der Waals surface area contributed by atoms with Gasteiger partial charge in [0.2, 0.25) is 0 Å². The molecule has 0 radical (unpaired) electrons. The van der Waals surface area contributed by atoms with Crippen LogP contribution in [0.5, 0.6) is 0 Å². The van der Waals surface area contributed by atoms with E-state index < -0.39 is 0 Å². The monoisotopic (exact) mass is 236 g/mol. The molecule has 0 bridgehead atoms. The highest BCUT2D eigenvalue weighted by atomic mass is 19.1. The quantitative estimate of drug-likeness (QED) is 0.742. The second-order valence-corrected chi connectivity index (χ2v) is 5.11. The Hall–Kier alpha value is -0.930. The summed E-state index contributed by atoms with van der Waals surface area (Å²) in [4.78, 5) is 0. The van der Waals surface area contributed by atoms with Crippen molar-refractivity contribution in [1.82, 2.24) is 5.32 Å². The molecule has 1 aliphatic carbocycles. The highest BCUT2D eigenvalue weighted by Gasteiger charge is 2.34. The fraction of sp³-hybridized carbons (Fsp3) is 0.571. The molecule has 3 heteroatoms. The first-order valence-corrected chi connectivity index (χ1v) is 6.39. The highest BCUT2D eigenvalue weighted by Crippen LogP contribution is 2.38. The Kier molecular flexibility index (Phi) is 4.13. The molecule has 0 aromatic heterocycles. The third kappa shape index (κ3) is 3.27. The van der Waals surface area contributed by atoms with Crippen molar-refractivity contribution in [3.63, 3.8) is 0 Å². The van der Waals surface area contributed by atoms with Gasteiger partial charge in [-0.3, -0.25) is 0 Å². The average Bonchev–Trinajstić information content (AvgIpc) is 2.30. The number of halogens is 1. The normalized spacial score (nSPS) is 17.8. The molecule has 0 aliphatic heterocycles. The van der Waals surface area contributed by atoms with Crippen molar-refractivity contribution in [2.45, 2.75) is 25.7 Å². The van der Waals surface area contributed by atoms with Crippen LogP contribution in [-0.2, 0) is 6.42 Å². The Labute approximate surface area is 102 Å². The number of hydrogen-bond acceptors (Lipinski definition) is 2. The molecular weight excluding hydrogens is 215 g/mol. The van der Waals surface area contributed by atoms with Gasteiger partial charge in [-0.1, -0.05) is 18.6 Å². The van der Waals surface area contributed by atoms with Crippen molar-refractivity contribution in [3.05, 3.63) is 35.6 Å². The molecule has 0 atom stereocenters. The van der Waals surface area contributed by atoms with Gasteiger partial charge in [0.25, 0.3) is 0 Å². The molecule has 1 saturated carbocycles. The zero-order chi connectivity index (χ0) is 12.1. The summed E-state index contributed by atoms with van der Waals surface area (Å²) in [7, 11) is 0. The average molecular weight is 236 g/mol. The van der Waals surface area contributed by atoms with Crippen LogP contribution in [0, 0.1) is 11.2 Å². The van der Waals surface area contributed by atoms with Crippen LogP contribution in [0.15, 0.2) is 24.3 Å². The van der Waals surface area contributed by atoms with E-state index in [9.17, 15) is 4.39 Å². The first kappa shape index (κ1) is 12.5. The van der Waals surface area contributed by atoms with Crippen LogP contribution in [0.25, 0.3) is 0 Å². The van der Waals surface area contributed by atoms with Gasteiger partial charge in [0, 0.05) is 6.54 Å². The summed E-state index contributed by atoms with van der Waals surface area (Å²) in [6.45, 7) is 2.74. The molecule has 1 aromatic rings. The lowest BCUT2D eigenvalue weighted by Gasteiger charge is -2.41. The lowest BCUT2D eigenvalue weighted by atomic mass is 9.69. The van der Waals surface area contributed by atoms with Gasteiger partial charge >= 0.3 is 0 Å². The van der Waals surface area contributed by atoms with Crippen LogP contribution in [0.4, 0.5) is 4.39 Å². The maximum absolute atomic E-state index is 12.7. The lowest BCUT2D eigenvalue weighted by Crippen LogP contribution is -2.45. The fourth-order valence-corrected chi connectivity index (χ4v) is 2.37. The maximum atomic E-state index is 12.7. The van der Waals surface area contributed by atoms with E-state index in [0.29, 0.717) is 5.41 Å². The van der Waals surface area contributed by atoms with Crippen molar-refractivity contribution < 1.29 is 4.39 Å². The van der Waals surface area contributed by atoms with Crippen molar-refractivity contribution >= 4 is 0 Å². The summed E-state index contributed by atoms with van der Waals surface area (Å²) in [6.07, 6.45) is 4.78. The first-order chi connectivity index (χ1) is 8.24. The molecule has 0 spiro atoms. The van der Waals surface area contributed by atoms with E-state index in [2.05, 4.69) is 5.32 Å². The van der Waals surface area contributed by atoms with Gasteiger partial charge in [-0.25, -0.2) is 4.39 Å². The smallest absolute Gasteiger partial charge is 0.123 e. The predicted octanol–water partition coefficient (Wildman–Crippen LogP) is 2.09. The van der Waals surface area contributed by atoms with Gasteiger partial charge in [0.1, 0.15) is 5.82 Å². The summed E-state index contributed by atoms with van der Waals surface area (Å²) in [5.41, 5.74) is 7.34. The number of rotatable bonds is 6. The van der Waals surface area contributed by atoms with Gasteiger partial charge in [0.15, 0.2) is 0 Å². The SMILES string of the molecule is NCC1(CNCCc2ccc(F)cc2)CCC1. The molecule has 1 aliphatic rings. The van der Waals surface area contributed by atoms with E-state index in [1.165, 1.54) is 37.0 Å². The first-order valence-electron chi connectivity index (χ1n) is 6.39. The number of benzene rings is 1. The molecule has 94 valence electrons. The summed E-state index contributed by atoms with van der Waals surface area (Å²) < 4.78 is 12.7. The van der Waals surface area contributed by atoms with Crippen LogP contribution in [0.3, 0.4) is 0 Å². The minimum absolute atomic E-state index is 0.168. The van der Waals surface area contributed by atoms with Crippen LogP contribution in [0.2, 0.25) is 0 Å². The van der Waals surface area contributed by atoms with Gasteiger partial charge < -0.3 is 11.1 Å². The van der Waals surface area contributed by atoms with Crippen LogP contribution < -0.4 is 11.1 Å². The molecule has 2 rings (SSSR count). The molecule has 2 nitrogen and oxygen atoms in total. The Balaban J connectivity index is 1.67. The second kappa shape index (κ2) is 5.61. The van der Waals surface area contributed by atoms with Crippen molar-refractivity contribution in [2.24, 2.45) is 11.1 Å². The third-order valence-corrected chi connectivity index (χ3v) is 3.85. The van der Waals surface area contributed by atoms with Crippen molar-refractivity contribution in [2.75, 3.05) is 19.6 Å². The Bertz CT molecular complexity index is 338. The fourth-order valence-electron chi connectivity index (χ4n) is 2.37. The maximum Gasteiger partial charge on any atom is 0.123 e. The highest BCUT2D eigenvalue weighted by molar-refractivity contribution is 5.16. The molecule has 1 fully saturated rings. The van der Waals surface area contributed by atoms with Crippen molar-refractivity contribution in [1.29, 1.82) is 0 Å². The Morgan fingerprint density at radius 1 is 1.24 bits per heavy atom. The molecule has 0 heterocycles. The molecule has 1 aromatic carbocycles. The van der Waals surface area contributed by atoms with E-state index in [0.717, 1.165) is 26.1 Å². The van der Waals surface area contributed by atoms with Gasteiger partial charge in [-0.05, 0) is 55.5 Å². The van der Waals surface area contributed by atoms with E-state index in [1.807, 2.05) is 12.1 Å². The van der Waals surface area contributed by atoms with E-state index >= 15 is 0 Å². The molecule has 0 saturated heterocycles. The van der Waals surface area contributed by atoms with Gasteiger partial charge in [0.05, 0.1) is 0 Å². The summed E-state index contributed by atoms with van der Waals surface area (Å²) >= 11 is 0. The van der Waals surface area contributed by atoms with Crippen LogP contribution >= 0.6 is 0 Å². The molecular formula is C14H21FN2. The minimum Gasteiger partial charge on any atom is -0.330 e. The standard InChI is InChI=1S/C14H21FN2/c15-13-4-2-12(3-5-13)6-9-17-11-14(10-16)7-1-8-14/h2-5,17H,1,6-11,16H2. The van der Waals surface area contributed by atoms with Crippen LogP contribution in [-0.4, -0.2) is 19.6 Å². The Morgan fingerprint density at radius 3 is 2.47 bits per heavy atom. The zero-order valence-corrected chi connectivity index (χ0v) is 10.2. The van der Waals surface area contributed by atoms with Gasteiger partial charge in [-0.15, -0.1) is 0 Å². The summed E-state index contributed by atoms with van der Waals surface area (Å²) in [5.74, 6) is -0.168. The Morgan fingerprint density at radius 2 is 1.94 bits per heavy atom. The van der Waals surface area contributed by atoms with E-state index in [1.54, 1.807) is 0 Å². The molecule has 0 unspecified atom stereocenters. The summed E-state index contributed by atoms with van der Waals surface area (Å²) in [5, 5.41) is 3.47. The van der Waals surface area contributed by atoms with Crippen molar-refractivity contribution in [3.8, 4) is 0 Å². The van der Waals surface area contributed by atoms with E-state index in [-0.39, 0.29) is 5.82 Å². The van der Waals surface area contributed by atoms with Gasteiger partial charge in [-0.2, -0.15) is 0 Å². The number of hydrogen-bond donors (Lipinski definition) is 2. The van der Waals surface area contributed by atoms with Crippen LogP contribution in [0.1, 0.15) is 24.8 Å². The molecule has 0 amide bonds. The predicted molar refractivity (Wildman–Crippen MR) is 68.3 cm³/mol. The largest absolute Gasteiger partial charge is 0.330 e.